The van der Waals surface area contributed by atoms with Crippen LogP contribution in [0, 0.1) is 22.7 Å². The lowest BCUT2D eigenvalue weighted by Gasteiger charge is -2.65. The van der Waals surface area contributed by atoms with Gasteiger partial charge in [0, 0.05) is 10.8 Å². The van der Waals surface area contributed by atoms with Crippen molar-refractivity contribution in [1.82, 2.24) is 0 Å². The van der Waals surface area contributed by atoms with Crippen molar-refractivity contribution in [2.75, 3.05) is 0 Å². The van der Waals surface area contributed by atoms with Crippen LogP contribution in [0.4, 0.5) is 0 Å². The van der Waals surface area contributed by atoms with Gasteiger partial charge in [0.25, 0.3) is 5.78 Å². The van der Waals surface area contributed by atoms with Crippen molar-refractivity contribution in [3.05, 3.63) is 23.8 Å². The van der Waals surface area contributed by atoms with Gasteiger partial charge in [-0.25, -0.2) is 4.79 Å². The number of ether oxygens (including phenoxy) is 2. The van der Waals surface area contributed by atoms with Crippen molar-refractivity contribution < 1.29 is 29.0 Å². The van der Waals surface area contributed by atoms with Crippen LogP contribution in [0.15, 0.2) is 23.8 Å². The Bertz CT molecular complexity index is 888. The molecule has 0 aromatic heterocycles. The molecule has 1 N–H and O–H groups in total. The Morgan fingerprint density at radius 2 is 1.86 bits per heavy atom. The van der Waals surface area contributed by atoms with Gasteiger partial charge < -0.3 is 14.6 Å². The van der Waals surface area contributed by atoms with Crippen LogP contribution in [0.2, 0.25) is 0 Å². The smallest absolute Gasteiger partial charge is 0.375 e. The second-order valence-electron chi connectivity index (χ2n) is 9.96. The van der Waals surface area contributed by atoms with E-state index in [0.717, 1.165) is 19.3 Å². The zero-order valence-corrected chi connectivity index (χ0v) is 17.2. The molecule has 1 unspecified atom stereocenters. The molecule has 29 heavy (non-hydrogen) atoms. The second kappa shape index (κ2) is 5.67. The average molecular weight is 400 g/mol. The molecule has 4 fully saturated rings. The SMILES string of the molecule is CC1O[C@@]2(C(=O)C(=O)O)CC[C@@]3(O1)[C@@H]1CCC4=CC(=O)C=C[C@]4(C)[C@H]1CC[C@]23C. The highest BCUT2D eigenvalue weighted by Gasteiger charge is 2.78. The number of fused-ring (bicyclic) bond motifs is 3. The molecule has 3 saturated carbocycles. The molecule has 2 bridgehead atoms. The van der Waals surface area contributed by atoms with E-state index in [4.69, 9.17) is 9.47 Å². The van der Waals surface area contributed by atoms with E-state index in [0.29, 0.717) is 25.2 Å². The first kappa shape index (κ1) is 19.2. The van der Waals surface area contributed by atoms with E-state index in [1.807, 2.05) is 6.92 Å². The van der Waals surface area contributed by atoms with Crippen molar-refractivity contribution in [2.45, 2.75) is 76.8 Å². The van der Waals surface area contributed by atoms with E-state index < -0.39 is 34.7 Å². The summed E-state index contributed by atoms with van der Waals surface area (Å²) in [4.78, 5) is 36.6. The van der Waals surface area contributed by atoms with E-state index in [1.54, 1.807) is 19.1 Å². The van der Waals surface area contributed by atoms with E-state index in [9.17, 15) is 19.5 Å². The number of Topliss-reactive ketones (excluding diaryl/α,β-unsaturated/α-hetero) is 1. The third-order valence-corrected chi connectivity index (χ3v) is 9.12. The largest absolute Gasteiger partial charge is 0.475 e. The monoisotopic (exact) mass is 400 g/mol. The number of allylic oxidation sites excluding steroid dienone is 4. The molecule has 1 aliphatic heterocycles. The van der Waals surface area contributed by atoms with Crippen LogP contribution in [-0.2, 0) is 23.9 Å². The Balaban J connectivity index is 1.63. The fraction of sp³-hybridized carbons (Fsp3) is 0.696. The van der Waals surface area contributed by atoms with E-state index in [-0.39, 0.29) is 17.1 Å². The van der Waals surface area contributed by atoms with Gasteiger partial charge in [-0.3, -0.25) is 9.59 Å². The van der Waals surface area contributed by atoms with Gasteiger partial charge in [0.1, 0.15) is 5.60 Å². The third-order valence-electron chi connectivity index (χ3n) is 9.12. The van der Waals surface area contributed by atoms with E-state index >= 15 is 0 Å². The van der Waals surface area contributed by atoms with Gasteiger partial charge >= 0.3 is 5.97 Å². The van der Waals surface area contributed by atoms with Crippen LogP contribution in [0.25, 0.3) is 0 Å². The minimum absolute atomic E-state index is 0.0533. The van der Waals surface area contributed by atoms with Gasteiger partial charge in [0.05, 0.1) is 5.60 Å². The standard InChI is InChI=1S/C23H28O6/c1-13-28-22-10-11-23(29-13,18(25)19(26)27)21(22,3)9-7-16-17(22)5-4-14-12-15(24)6-8-20(14,16)2/h6,8,12-13,16-17H,4-5,7,9-11H2,1-3H3,(H,26,27)/t13?,16-,17+,20-,21-,22+,23+/m0/s1. The Morgan fingerprint density at radius 1 is 1.10 bits per heavy atom. The van der Waals surface area contributed by atoms with Crippen molar-refractivity contribution in [3.8, 4) is 0 Å². The zero-order valence-electron chi connectivity index (χ0n) is 17.2. The lowest BCUT2D eigenvalue weighted by molar-refractivity contribution is -0.362. The lowest BCUT2D eigenvalue weighted by atomic mass is 9.45. The van der Waals surface area contributed by atoms with Crippen molar-refractivity contribution in [3.63, 3.8) is 0 Å². The summed E-state index contributed by atoms with van der Waals surface area (Å²) in [6.45, 7) is 6.00. The predicted molar refractivity (Wildman–Crippen MR) is 103 cm³/mol. The molecule has 6 heteroatoms. The fourth-order valence-corrected chi connectivity index (χ4v) is 7.80. The molecule has 5 rings (SSSR count). The third kappa shape index (κ3) is 2.07. The van der Waals surface area contributed by atoms with Gasteiger partial charge in [0.15, 0.2) is 12.1 Å². The molecule has 7 atom stereocenters. The highest BCUT2D eigenvalue weighted by molar-refractivity contribution is 6.36. The topological polar surface area (TPSA) is 89.9 Å². The van der Waals surface area contributed by atoms with Gasteiger partial charge in [-0.1, -0.05) is 25.5 Å². The quantitative estimate of drug-likeness (QED) is 0.716. The summed E-state index contributed by atoms with van der Waals surface area (Å²) in [5.74, 6) is -1.72. The molecule has 6 nitrogen and oxygen atoms in total. The first-order valence-corrected chi connectivity index (χ1v) is 10.7. The number of ketones is 2. The zero-order chi connectivity index (χ0) is 20.8. The molecule has 156 valence electrons. The molecule has 1 heterocycles. The first-order chi connectivity index (χ1) is 13.6. The molecule has 0 amide bonds. The maximum atomic E-state index is 12.9. The fourth-order valence-electron chi connectivity index (χ4n) is 7.80. The summed E-state index contributed by atoms with van der Waals surface area (Å²) in [6.07, 6.45) is 9.16. The number of aliphatic carboxylic acids is 1. The summed E-state index contributed by atoms with van der Waals surface area (Å²) in [5.41, 5.74) is -1.58. The minimum Gasteiger partial charge on any atom is -0.475 e. The number of carbonyl (C=O) groups excluding carboxylic acids is 2. The van der Waals surface area contributed by atoms with Crippen LogP contribution >= 0.6 is 0 Å². The molecular weight excluding hydrogens is 372 g/mol. The van der Waals surface area contributed by atoms with E-state index in [1.165, 1.54) is 5.57 Å². The number of carboxylic acid groups (broad SMARTS) is 1. The number of rotatable bonds is 2. The summed E-state index contributed by atoms with van der Waals surface area (Å²) in [5, 5.41) is 9.57. The van der Waals surface area contributed by atoms with E-state index in [2.05, 4.69) is 13.0 Å². The number of carboxylic acids is 1. The van der Waals surface area contributed by atoms with Crippen LogP contribution in [0.5, 0.6) is 0 Å². The molecule has 0 aromatic carbocycles. The van der Waals surface area contributed by atoms with Crippen molar-refractivity contribution in [2.24, 2.45) is 22.7 Å². The van der Waals surface area contributed by atoms with Gasteiger partial charge in [-0.15, -0.1) is 0 Å². The van der Waals surface area contributed by atoms with Crippen LogP contribution < -0.4 is 0 Å². The number of hydrogen-bond acceptors (Lipinski definition) is 5. The van der Waals surface area contributed by atoms with Crippen molar-refractivity contribution in [1.29, 1.82) is 0 Å². The van der Waals surface area contributed by atoms with Crippen LogP contribution in [0.3, 0.4) is 0 Å². The second-order valence-corrected chi connectivity index (χ2v) is 9.96. The average Bonchev–Trinajstić information content (AvgIpc) is 2.80. The molecular formula is C23H28O6. The normalized spacial score (nSPS) is 50.2. The molecule has 0 spiro atoms. The number of hydrogen-bond donors (Lipinski definition) is 1. The molecule has 4 aliphatic carbocycles. The molecule has 1 saturated heterocycles. The van der Waals surface area contributed by atoms with Gasteiger partial charge in [0.2, 0.25) is 0 Å². The minimum atomic E-state index is -1.42. The Kier molecular flexibility index (Phi) is 3.75. The summed E-state index contributed by atoms with van der Waals surface area (Å²) >= 11 is 0. The molecule has 0 radical (unpaired) electrons. The van der Waals surface area contributed by atoms with Crippen LogP contribution in [0.1, 0.15) is 59.3 Å². The summed E-state index contributed by atoms with van der Waals surface area (Å²) in [6, 6.07) is 0. The lowest BCUT2D eigenvalue weighted by Crippen LogP contribution is -2.72. The Labute approximate surface area is 170 Å². The Morgan fingerprint density at radius 3 is 2.59 bits per heavy atom. The predicted octanol–water partition coefficient (Wildman–Crippen LogP) is 3.20. The number of carbonyl (C=O) groups is 3. The highest BCUT2D eigenvalue weighted by Crippen LogP contribution is 2.72. The van der Waals surface area contributed by atoms with Gasteiger partial charge in [-0.05, 0) is 69.4 Å². The molecule has 5 aliphatic rings. The van der Waals surface area contributed by atoms with Crippen LogP contribution in [-0.4, -0.2) is 40.1 Å². The maximum Gasteiger partial charge on any atom is 0.375 e. The maximum absolute atomic E-state index is 12.9. The van der Waals surface area contributed by atoms with Gasteiger partial charge in [-0.2, -0.15) is 0 Å². The molecule has 0 aromatic rings. The Hall–Kier alpha value is -1.79. The summed E-state index contributed by atoms with van der Waals surface area (Å²) in [7, 11) is 0. The first-order valence-electron chi connectivity index (χ1n) is 10.7. The highest BCUT2D eigenvalue weighted by atomic mass is 16.7. The van der Waals surface area contributed by atoms with Crippen molar-refractivity contribution >= 4 is 17.5 Å². The summed E-state index contributed by atoms with van der Waals surface area (Å²) < 4.78 is 12.6.